The van der Waals surface area contributed by atoms with Crippen LogP contribution in [-0.4, -0.2) is 42.3 Å². The number of nitrogens with one attached hydrogen (secondary N) is 2. The average Bonchev–Trinajstić information content (AvgIpc) is 3.08. The number of nitrogens with zero attached hydrogens (tertiary/aromatic N) is 1. The van der Waals surface area contributed by atoms with Gasteiger partial charge in [-0.15, -0.1) is 0 Å². The topological polar surface area (TPSA) is 136 Å². The minimum absolute atomic E-state index is 0.0256. The lowest BCUT2D eigenvalue weighted by atomic mass is 9.90. The number of esters is 1. The Bertz CT molecular complexity index is 1620. The van der Waals surface area contributed by atoms with Crippen LogP contribution in [0, 0.1) is 5.92 Å². The lowest BCUT2D eigenvalue weighted by molar-refractivity contribution is -0.123. The fourth-order valence-corrected chi connectivity index (χ4v) is 4.59. The molecule has 0 aliphatic rings. The van der Waals surface area contributed by atoms with E-state index in [1.165, 1.54) is 20.3 Å². The molecule has 1 unspecified atom stereocenters. The van der Waals surface area contributed by atoms with Gasteiger partial charge in [-0.25, -0.2) is 9.59 Å². The fraction of sp³-hybridized carbons (Fsp3) is 0.200. The number of aromatic nitrogens is 1. The SMILES string of the molecule is COC(=O)c1ccc(C(NC(=O)OCc2ccccc2)/C(=C/[C@@H](C)C(=O)NCc2ccc(OC)c(O)c2)c2cccnc2)cc1. The number of amides is 2. The van der Waals surface area contributed by atoms with Gasteiger partial charge < -0.3 is 30.0 Å². The standard InChI is InChI=1S/C35H35N3O7/c1-23(33(40)37-20-25-11-16-31(43-2)30(39)19-25)18-29(28-10-7-17-36-21-28)32(26-12-14-27(15-13-26)34(41)44-3)38-35(42)45-22-24-8-5-4-6-9-24/h4-19,21,23,32,39H,20,22H2,1-3H3,(H,37,40)(H,38,42)/b29-18+/t23-,32?/m1/s1. The minimum atomic E-state index is -0.780. The molecule has 1 heterocycles. The molecule has 232 valence electrons. The zero-order chi connectivity index (χ0) is 32.2. The number of ether oxygens (including phenoxy) is 3. The van der Waals surface area contributed by atoms with Crippen molar-refractivity contribution in [3.8, 4) is 11.5 Å². The van der Waals surface area contributed by atoms with Crippen molar-refractivity contribution in [1.29, 1.82) is 0 Å². The zero-order valence-electron chi connectivity index (χ0n) is 25.2. The van der Waals surface area contributed by atoms with E-state index in [1.54, 1.807) is 67.9 Å². The Morgan fingerprint density at radius 1 is 0.911 bits per heavy atom. The summed E-state index contributed by atoms with van der Waals surface area (Å²) in [6.07, 6.45) is 4.35. The third-order valence-corrected chi connectivity index (χ3v) is 7.00. The number of benzene rings is 3. The molecule has 0 bridgehead atoms. The first-order chi connectivity index (χ1) is 21.8. The van der Waals surface area contributed by atoms with Crippen molar-refractivity contribution in [3.05, 3.63) is 131 Å². The first-order valence-electron chi connectivity index (χ1n) is 14.2. The van der Waals surface area contributed by atoms with E-state index in [1.807, 2.05) is 36.4 Å². The predicted octanol–water partition coefficient (Wildman–Crippen LogP) is 5.59. The number of hydrogen-bond acceptors (Lipinski definition) is 8. The molecule has 0 spiro atoms. The van der Waals surface area contributed by atoms with Crippen LogP contribution < -0.4 is 15.4 Å². The van der Waals surface area contributed by atoms with E-state index < -0.39 is 24.0 Å². The molecule has 45 heavy (non-hydrogen) atoms. The summed E-state index contributed by atoms with van der Waals surface area (Å²) >= 11 is 0. The molecule has 0 saturated heterocycles. The summed E-state index contributed by atoms with van der Waals surface area (Å²) in [6.45, 7) is 1.98. The first-order valence-corrected chi connectivity index (χ1v) is 14.2. The van der Waals surface area contributed by atoms with Gasteiger partial charge in [0.2, 0.25) is 5.91 Å². The molecule has 4 aromatic rings. The molecule has 2 amide bonds. The summed E-state index contributed by atoms with van der Waals surface area (Å²) in [6, 6.07) is 23.6. The normalized spacial score (nSPS) is 12.4. The van der Waals surface area contributed by atoms with Crippen LogP contribution in [0.4, 0.5) is 4.79 Å². The van der Waals surface area contributed by atoms with Crippen LogP contribution in [0.2, 0.25) is 0 Å². The average molecular weight is 610 g/mol. The second kappa shape index (κ2) is 15.7. The number of aromatic hydroxyl groups is 1. The quantitative estimate of drug-likeness (QED) is 0.177. The maximum absolute atomic E-state index is 13.3. The smallest absolute Gasteiger partial charge is 0.408 e. The van der Waals surface area contributed by atoms with E-state index in [2.05, 4.69) is 15.6 Å². The van der Waals surface area contributed by atoms with E-state index in [-0.39, 0.29) is 24.8 Å². The van der Waals surface area contributed by atoms with Crippen LogP contribution in [-0.2, 0) is 27.4 Å². The van der Waals surface area contributed by atoms with Gasteiger partial charge in [0.25, 0.3) is 0 Å². The Labute approximate surface area is 261 Å². The maximum Gasteiger partial charge on any atom is 0.408 e. The number of carbonyl (C=O) groups excluding carboxylic acids is 3. The molecule has 10 heteroatoms. The Kier molecular flexibility index (Phi) is 11.3. The molecule has 0 radical (unpaired) electrons. The van der Waals surface area contributed by atoms with E-state index in [9.17, 15) is 19.5 Å². The Hall–Kier alpha value is -5.64. The van der Waals surface area contributed by atoms with E-state index in [0.717, 1.165) is 5.56 Å². The summed E-state index contributed by atoms with van der Waals surface area (Å²) < 4.78 is 15.5. The monoisotopic (exact) mass is 609 g/mol. The lowest BCUT2D eigenvalue weighted by Gasteiger charge is -2.24. The van der Waals surface area contributed by atoms with Crippen molar-refractivity contribution in [1.82, 2.24) is 15.6 Å². The number of pyridine rings is 1. The second-order valence-corrected chi connectivity index (χ2v) is 10.1. The highest BCUT2D eigenvalue weighted by atomic mass is 16.5. The molecule has 1 aromatic heterocycles. The zero-order valence-corrected chi connectivity index (χ0v) is 25.2. The van der Waals surface area contributed by atoms with Crippen molar-refractivity contribution < 1.29 is 33.7 Å². The molecular weight excluding hydrogens is 574 g/mol. The molecule has 2 atom stereocenters. The molecule has 3 aromatic carbocycles. The fourth-order valence-electron chi connectivity index (χ4n) is 4.59. The van der Waals surface area contributed by atoms with Crippen LogP contribution in [0.1, 0.15) is 45.6 Å². The Morgan fingerprint density at radius 2 is 1.67 bits per heavy atom. The van der Waals surface area contributed by atoms with Gasteiger partial charge in [-0.2, -0.15) is 0 Å². The van der Waals surface area contributed by atoms with Gasteiger partial charge in [0.15, 0.2) is 11.5 Å². The Morgan fingerprint density at radius 3 is 2.31 bits per heavy atom. The van der Waals surface area contributed by atoms with Crippen molar-refractivity contribution in [3.63, 3.8) is 0 Å². The summed E-state index contributed by atoms with van der Waals surface area (Å²) in [4.78, 5) is 42.8. The van der Waals surface area contributed by atoms with Gasteiger partial charge in [-0.05, 0) is 58.2 Å². The van der Waals surface area contributed by atoms with E-state index in [0.29, 0.717) is 33.6 Å². The molecule has 0 aliphatic carbocycles. The summed E-state index contributed by atoms with van der Waals surface area (Å²) in [5.41, 5.74) is 3.76. The summed E-state index contributed by atoms with van der Waals surface area (Å²) in [5, 5.41) is 15.9. The number of methoxy groups -OCH3 is 2. The highest BCUT2D eigenvalue weighted by Crippen LogP contribution is 2.32. The summed E-state index contributed by atoms with van der Waals surface area (Å²) in [7, 11) is 2.76. The number of phenols is 1. The minimum Gasteiger partial charge on any atom is -0.504 e. The van der Waals surface area contributed by atoms with Gasteiger partial charge >= 0.3 is 12.1 Å². The van der Waals surface area contributed by atoms with E-state index >= 15 is 0 Å². The van der Waals surface area contributed by atoms with Crippen LogP contribution in [0.3, 0.4) is 0 Å². The number of carbonyl (C=O) groups is 3. The second-order valence-electron chi connectivity index (χ2n) is 10.1. The van der Waals surface area contributed by atoms with Gasteiger partial charge in [0.1, 0.15) is 6.61 Å². The van der Waals surface area contributed by atoms with Crippen LogP contribution in [0.25, 0.3) is 5.57 Å². The molecule has 0 saturated carbocycles. The number of hydrogen-bond donors (Lipinski definition) is 3. The van der Waals surface area contributed by atoms with Crippen LogP contribution >= 0.6 is 0 Å². The van der Waals surface area contributed by atoms with Crippen molar-refractivity contribution in [2.75, 3.05) is 14.2 Å². The molecule has 0 aliphatic heterocycles. The predicted molar refractivity (Wildman–Crippen MR) is 168 cm³/mol. The van der Waals surface area contributed by atoms with Gasteiger partial charge in [-0.1, -0.05) is 67.6 Å². The first kappa shape index (κ1) is 32.3. The van der Waals surface area contributed by atoms with E-state index in [4.69, 9.17) is 14.2 Å². The van der Waals surface area contributed by atoms with Crippen LogP contribution in [0.5, 0.6) is 11.5 Å². The van der Waals surface area contributed by atoms with Gasteiger partial charge in [-0.3, -0.25) is 9.78 Å². The third-order valence-electron chi connectivity index (χ3n) is 7.00. The summed E-state index contributed by atoms with van der Waals surface area (Å²) in [5.74, 6) is -1.11. The molecule has 3 N–H and O–H groups in total. The lowest BCUT2D eigenvalue weighted by Crippen LogP contribution is -2.31. The van der Waals surface area contributed by atoms with Gasteiger partial charge in [0.05, 0.1) is 31.7 Å². The van der Waals surface area contributed by atoms with Crippen LogP contribution in [0.15, 0.2) is 103 Å². The Balaban J connectivity index is 1.63. The molecule has 4 rings (SSSR count). The van der Waals surface area contributed by atoms with Crippen molar-refractivity contribution >= 4 is 23.5 Å². The third kappa shape index (κ3) is 8.93. The number of alkyl carbamates (subject to hydrolysis) is 1. The van der Waals surface area contributed by atoms with Gasteiger partial charge in [0, 0.05) is 18.9 Å². The highest BCUT2D eigenvalue weighted by molar-refractivity contribution is 5.89. The largest absolute Gasteiger partial charge is 0.504 e. The molecule has 10 nitrogen and oxygen atoms in total. The molecular formula is C35H35N3O7. The van der Waals surface area contributed by atoms with Crippen molar-refractivity contribution in [2.24, 2.45) is 5.92 Å². The molecule has 0 fully saturated rings. The highest BCUT2D eigenvalue weighted by Gasteiger charge is 2.24. The maximum atomic E-state index is 13.3. The number of rotatable bonds is 12. The van der Waals surface area contributed by atoms with Crippen molar-refractivity contribution in [2.45, 2.75) is 26.1 Å². The number of phenolic OH excluding ortho intramolecular Hbond substituents is 1.